The van der Waals surface area contributed by atoms with Crippen LogP contribution in [0.2, 0.25) is 0 Å². The predicted octanol–water partition coefficient (Wildman–Crippen LogP) is 2.92. The predicted molar refractivity (Wildman–Crippen MR) is 92.0 cm³/mol. The Hall–Kier alpha value is -2.89. The van der Waals surface area contributed by atoms with E-state index < -0.39 is 0 Å². The smallest absolute Gasteiger partial charge is 0.324 e. The molecule has 0 spiro atoms. The van der Waals surface area contributed by atoms with Crippen LogP contribution in [-0.2, 0) is 5.41 Å². The monoisotopic (exact) mass is 321 g/mol. The van der Waals surface area contributed by atoms with Crippen LogP contribution in [0.15, 0.2) is 54.7 Å². The molecule has 2 aromatic heterocycles. The molecule has 1 unspecified atom stereocenters. The largest absolute Gasteiger partial charge is 0.324 e. The van der Waals surface area contributed by atoms with Crippen molar-refractivity contribution in [2.75, 3.05) is 18.4 Å². The van der Waals surface area contributed by atoms with E-state index in [0.29, 0.717) is 18.1 Å². The third-order valence-electron chi connectivity index (χ3n) is 4.76. The Morgan fingerprint density at radius 2 is 1.92 bits per heavy atom. The van der Waals surface area contributed by atoms with Gasteiger partial charge < -0.3 is 4.90 Å². The minimum absolute atomic E-state index is 0.00842. The number of hydrogen-bond acceptors (Lipinski definition) is 3. The number of hydrogen-bond donors (Lipinski definition) is 1. The number of aromatic nitrogens is 3. The highest BCUT2D eigenvalue weighted by molar-refractivity contribution is 5.88. The van der Waals surface area contributed by atoms with E-state index in [1.165, 1.54) is 5.56 Å². The highest BCUT2D eigenvalue weighted by Gasteiger charge is 2.37. The first-order chi connectivity index (χ1) is 11.7. The Bertz CT molecular complexity index is 875. The van der Waals surface area contributed by atoms with Gasteiger partial charge in [0.05, 0.1) is 0 Å². The lowest BCUT2D eigenvalue weighted by atomic mass is 9.82. The van der Waals surface area contributed by atoms with Gasteiger partial charge in [0, 0.05) is 24.7 Å². The van der Waals surface area contributed by atoms with Crippen molar-refractivity contribution in [3.8, 4) is 0 Å². The number of fused-ring (bicyclic) bond motifs is 1. The van der Waals surface area contributed by atoms with E-state index in [9.17, 15) is 4.79 Å². The molecule has 3 aromatic rings. The minimum atomic E-state index is -0.132. The first-order valence-electron chi connectivity index (χ1n) is 8.07. The zero-order valence-electron chi connectivity index (χ0n) is 13.5. The van der Waals surface area contributed by atoms with Gasteiger partial charge in [-0.15, -0.1) is 10.2 Å². The van der Waals surface area contributed by atoms with E-state index >= 15 is 0 Å². The summed E-state index contributed by atoms with van der Waals surface area (Å²) in [4.78, 5) is 14.5. The zero-order chi connectivity index (χ0) is 16.6. The van der Waals surface area contributed by atoms with Crippen LogP contribution in [0.25, 0.3) is 5.65 Å². The number of rotatable bonds is 2. The molecule has 6 nitrogen and oxygen atoms in total. The summed E-state index contributed by atoms with van der Waals surface area (Å²) in [6, 6.07) is 15.9. The third-order valence-corrected chi connectivity index (χ3v) is 4.76. The summed E-state index contributed by atoms with van der Waals surface area (Å²) in [5, 5.41) is 11.0. The molecule has 1 atom stereocenters. The maximum atomic E-state index is 12.6. The molecule has 1 aromatic carbocycles. The molecule has 0 aliphatic carbocycles. The van der Waals surface area contributed by atoms with Crippen molar-refractivity contribution in [1.29, 1.82) is 0 Å². The number of amides is 2. The van der Waals surface area contributed by atoms with Gasteiger partial charge in [0.25, 0.3) is 0 Å². The Morgan fingerprint density at radius 1 is 1.12 bits per heavy atom. The summed E-state index contributed by atoms with van der Waals surface area (Å²) in [6.07, 6.45) is 2.79. The lowest BCUT2D eigenvalue weighted by Gasteiger charge is -2.25. The van der Waals surface area contributed by atoms with Crippen LogP contribution in [0.1, 0.15) is 18.9 Å². The van der Waals surface area contributed by atoms with Gasteiger partial charge in [-0.3, -0.25) is 9.72 Å². The maximum absolute atomic E-state index is 12.6. The van der Waals surface area contributed by atoms with Gasteiger partial charge in [-0.25, -0.2) is 4.79 Å². The van der Waals surface area contributed by atoms with Crippen LogP contribution in [0, 0.1) is 0 Å². The van der Waals surface area contributed by atoms with Crippen molar-refractivity contribution >= 4 is 17.6 Å². The average molecular weight is 321 g/mol. The lowest BCUT2D eigenvalue weighted by Crippen LogP contribution is -2.36. The molecule has 3 heterocycles. The average Bonchev–Trinajstić information content (AvgIpc) is 3.21. The third kappa shape index (κ3) is 2.50. The van der Waals surface area contributed by atoms with E-state index in [1.807, 2.05) is 47.5 Å². The molecular formula is C18H19N5O. The van der Waals surface area contributed by atoms with Crippen LogP contribution in [0.3, 0.4) is 0 Å². The molecule has 0 saturated carbocycles. The second-order valence-corrected chi connectivity index (χ2v) is 6.48. The summed E-state index contributed by atoms with van der Waals surface area (Å²) >= 11 is 0. The van der Waals surface area contributed by atoms with Gasteiger partial charge in [-0.2, -0.15) is 0 Å². The summed E-state index contributed by atoms with van der Waals surface area (Å²) in [5.41, 5.74) is 1.97. The summed E-state index contributed by atoms with van der Waals surface area (Å²) < 4.78 is 1.77. The molecule has 4 rings (SSSR count). The van der Waals surface area contributed by atoms with Crippen LogP contribution < -0.4 is 5.32 Å². The van der Waals surface area contributed by atoms with Gasteiger partial charge in [0.1, 0.15) is 0 Å². The van der Waals surface area contributed by atoms with E-state index in [-0.39, 0.29) is 11.4 Å². The first kappa shape index (κ1) is 14.7. The van der Waals surface area contributed by atoms with Crippen molar-refractivity contribution < 1.29 is 4.79 Å². The molecule has 1 saturated heterocycles. The van der Waals surface area contributed by atoms with Crippen molar-refractivity contribution in [2.45, 2.75) is 18.8 Å². The Morgan fingerprint density at radius 3 is 2.75 bits per heavy atom. The fourth-order valence-corrected chi connectivity index (χ4v) is 3.31. The van der Waals surface area contributed by atoms with Crippen LogP contribution >= 0.6 is 0 Å². The number of urea groups is 1. The minimum Gasteiger partial charge on any atom is -0.324 e. The Balaban J connectivity index is 1.50. The molecule has 1 aliphatic rings. The van der Waals surface area contributed by atoms with E-state index in [0.717, 1.165) is 13.0 Å². The maximum Gasteiger partial charge on any atom is 0.324 e. The summed E-state index contributed by atoms with van der Waals surface area (Å²) in [7, 11) is 0. The second kappa shape index (κ2) is 5.63. The quantitative estimate of drug-likeness (QED) is 0.789. The van der Waals surface area contributed by atoms with Gasteiger partial charge in [-0.05, 0) is 24.1 Å². The molecule has 0 bridgehead atoms. The second-order valence-electron chi connectivity index (χ2n) is 6.48. The highest BCUT2D eigenvalue weighted by Crippen LogP contribution is 2.34. The molecule has 2 amide bonds. The zero-order valence-corrected chi connectivity index (χ0v) is 13.5. The Kier molecular flexibility index (Phi) is 3.45. The number of benzene rings is 1. The number of likely N-dealkylation sites (tertiary alicyclic amines) is 1. The van der Waals surface area contributed by atoms with Crippen LogP contribution in [0.4, 0.5) is 10.7 Å². The molecule has 0 radical (unpaired) electrons. The molecular weight excluding hydrogens is 302 g/mol. The molecule has 122 valence electrons. The molecule has 1 aliphatic heterocycles. The summed E-state index contributed by atoms with van der Waals surface area (Å²) in [6.45, 7) is 3.63. The van der Waals surface area contributed by atoms with Crippen molar-refractivity contribution in [2.24, 2.45) is 0 Å². The van der Waals surface area contributed by atoms with Gasteiger partial charge in [0.15, 0.2) is 5.65 Å². The number of nitrogens with zero attached hydrogens (tertiary/aromatic N) is 4. The number of anilines is 1. The standard InChI is InChI=1S/C18H19N5O/c1-18(14-7-3-2-4-8-14)10-12-22(13-18)17(24)19-16-21-20-15-9-5-6-11-23(15)16/h2-9,11H,10,12-13H2,1H3,(H,19,21,24). The fourth-order valence-electron chi connectivity index (χ4n) is 3.31. The van der Waals surface area contributed by atoms with Crippen LogP contribution in [-0.4, -0.2) is 38.6 Å². The normalized spacial score (nSPS) is 20.5. The number of carbonyl (C=O) groups is 1. The number of pyridine rings is 1. The molecule has 24 heavy (non-hydrogen) atoms. The number of carbonyl (C=O) groups excluding carboxylic acids is 1. The first-order valence-corrected chi connectivity index (χ1v) is 8.07. The fraction of sp³-hybridized carbons (Fsp3) is 0.278. The topological polar surface area (TPSA) is 62.5 Å². The summed E-state index contributed by atoms with van der Waals surface area (Å²) in [5.74, 6) is 0.448. The SMILES string of the molecule is CC1(c2ccccc2)CCN(C(=O)Nc2nnc3ccccn23)C1. The van der Waals surface area contributed by atoms with Crippen molar-refractivity contribution in [3.05, 3.63) is 60.3 Å². The molecule has 1 fully saturated rings. The van der Waals surface area contributed by atoms with Gasteiger partial charge in [-0.1, -0.05) is 43.3 Å². The van der Waals surface area contributed by atoms with Crippen molar-refractivity contribution in [3.63, 3.8) is 0 Å². The van der Waals surface area contributed by atoms with Gasteiger partial charge >= 0.3 is 6.03 Å². The molecule has 6 heteroatoms. The van der Waals surface area contributed by atoms with E-state index in [4.69, 9.17) is 0 Å². The highest BCUT2D eigenvalue weighted by atomic mass is 16.2. The Labute approximate surface area is 140 Å². The molecule has 1 N–H and O–H groups in total. The van der Waals surface area contributed by atoms with E-state index in [1.54, 1.807) is 4.40 Å². The van der Waals surface area contributed by atoms with Crippen molar-refractivity contribution in [1.82, 2.24) is 19.5 Å². The van der Waals surface area contributed by atoms with E-state index in [2.05, 4.69) is 34.6 Å². The number of nitrogens with one attached hydrogen (secondary N) is 1. The van der Waals surface area contributed by atoms with Gasteiger partial charge in [0.2, 0.25) is 5.95 Å². The lowest BCUT2D eigenvalue weighted by molar-refractivity contribution is 0.219. The van der Waals surface area contributed by atoms with Crippen LogP contribution in [0.5, 0.6) is 0 Å².